The number of amides is 2. The number of rotatable bonds is 4. The molecule has 0 saturated carbocycles. The van der Waals surface area contributed by atoms with Crippen molar-refractivity contribution in [3.63, 3.8) is 0 Å². The fraction of sp³-hybridized carbons (Fsp3) is 0.286. The number of carbonyl (C=O) groups is 1. The Balaban J connectivity index is 1.55. The van der Waals surface area contributed by atoms with Gasteiger partial charge in [0.2, 0.25) is 11.7 Å². The van der Waals surface area contributed by atoms with Gasteiger partial charge in [-0.05, 0) is 31.4 Å². The number of ether oxygens (including phenoxy) is 1. The smallest absolute Gasteiger partial charge is 0.322 e. The lowest BCUT2D eigenvalue weighted by Crippen LogP contribution is -2.41. The Morgan fingerprint density at radius 2 is 1.93 bits per heavy atom. The Kier molecular flexibility index (Phi) is 5.23. The molecule has 1 aliphatic heterocycles. The van der Waals surface area contributed by atoms with Crippen LogP contribution in [0.25, 0.3) is 11.4 Å². The van der Waals surface area contributed by atoms with Crippen molar-refractivity contribution in [1.29, 1.82) is 0 Å². The lowest BCUT2D eigenvalue weighted by Gasteiger charge is -2.33. The standard InChI is InChI=1S/C21H22N4O3/c1-27-18-13-6-5-11-16(18)22-21(26)25-14-8-7-12-17(25)20-23-19(24-28-20)15-9-3-2-4-10-15/h2-6,9-11,13,17H,7-8,12,14H2,1H3,(H,22,26). The Hall–Kier alpha value is -3.35. The van der Waals surface area contributed by atoms with Crippen molar-refractivity contribution in [2.24, 2.45) is 0 Å². The molecule has 1 aliphatic rings. The first-order valence-electron chi connectivity index (χ1n) is 9.36. The number of carbonyl (C=O) groups excluding carboxylic acids is 1. The van der Waals surface area contributed by atoms with Gasteiger partial charge >= 0.3 is 6.03 Å². The molecular formula is C21H22N4O3. The van der Waals surface area contributed by atoms with Gasteiger partial charge in [-0.1, -0.05) is 47.6 Å². The van der Waals surface area contributed by atoms with E-state index in [0.29, 0.717) is 29.7 Å². The summed E-state index contributed by atoms with van der Waals surface area (Å²) >= 11 is 0. The van der Waals surface area contributed by atoms with E-state index in [2.05, 4.69) is 15.5 Å². The first-order valence-corrected chi connectivity index (χ1v) is 9.36. The summed E-state index contributed by atoms with van der Waals surface area (Å²) in [5, 5.41) is 7.04. The average Bonchev–Trinajstić information content (AvgIpc) is 3.25. The molecule has 2 amide bonds. The maximum atomic E-state index is 13.0. The molecular weight excluding hydrogens is 356 g/mol. The van der Waals surface area contributed by atoms with Crippen LogP contribution in [0.15, 0.2) is 59.1 Å². The molecule has 0 radical (unpaired) electrons. The van der Waals surface area contributed by atoms with Crippen molar-refractivity contribution in [2.75, 3.05) is 19.0 Å². The minimum absolute atomic E-state index is 0.200. The molecule has 1 saturated heterocycles. The van der Waals surface area contributed by atoms with Gasteiger partial charge in [0, 0.05) is 12.1 Å². The molecule has 144 valence electrons. The molecule has 4 rings (SSSR count). The van der Waals surface area contributed by atoms with Crippen LogP contribution in [0.5, 0.6) is 5.75 Å². The lowest BCUT2D eigenvalue weighted by molar-refractivity contribution is 0.142. The van der Waals surface area contributed by atoms with E-state index < -0.39 is 0 Å². The van der Waals surface area contributed by atoms with Gasteiger partial charge in [-0.2, -0.15) is 4.98 Å². The van der Waals surface area contributed by atoms with Crippen LogP contribution in [0.3, 0.4) is 0 Å². The number of methoxy groups -OCH3 is 1. The molecule has 7 heteroatoms. The molecule has 28 heavy (non-hydrogen) atoms. The summed E-state index contributed by atoms with van der Waals surface area (Å²) in [6.45, 7) is 0.634. The molecule has 2 aromatic carbocycles. The van der Waals surface area contributed by atoms with E-state index in [4.69, 9.17) is 9.26 Å². The number of anilines is 1. The molecule has 1 fully saturated rings. The maximum absolute atomic E-state index is 13.0. The van der Waals surface area contributed by atoms with Crippen molar-refractivity contribution < 1.29 is 14.1 Å². The number of para-hydroxylation sites is 2. The molecule has 0 spiro atoms. The van der Waals surface area contributed by atoms with Crippen LogP contribution in [-0.2, 0) is 0 Å². The van der Waals surface area contributed by atoms with E-state index in [1.54, 1.807) is 12.0 Å². The summed E-state index contributed by atoms with van der Waals surface area (Å²) < 4.78 is 10.8. The SMILES string of the molecule is COc1ccccc1NC(=O)N1CCCCC1c1nc(-c2ccccc2)no1. The number of likely N-dealkylation sites (tertiary alicyclic amines) is 1. The zero-order valence-electron chi connectivity index (χ0n) is 15.7. The summed E-state index contributed by atoms with van der Waals surface area (Å²) in [7, 11) is 1.58. The fourth-order valence-electron chi connectivity index (χ4n) is 3.44. The second-order valence-electron chi connectivity index (χ2n) is 6.66. The van der Waals surface area contributed by atoms with Crippen LogP contribution >= 0.6 is 0 Å². The summed E-state index contributed by atoms with van der Waals surface area (Å²) in [5.74, 6) is 1.62. The molecule has 3 aromatic rings. The number of nitrogens with one attached hydrogen (secondary N) is 1. The lowest BCUT2D eigenvalue weighted by atomic mass is 10.0. The number of benzene rings is 2. The van der Waals surface area contributed by atoms with Crippen LogP contribution in [0.4, 0.5) is 10.5 Å². The third-order valence-electron chi connectivity index (χ3n) is 4.87. The molecule has 1 unspecified atom stereocenters. The predicted molar refractivity (Wildman–Crippen MR) is 105 cm³/mol. The number of aromatic nitrogens is 2. The van der Waals surface area contributed by atoms with Crippen molar-refractivity contribution >= 4 is 11.7 Å². The molecule has 7 nitrogen and oxygen atoms in total. The van der Waals surface area contributed by atoms with Crippen LogP contribution in [-0.4, -0.2) is 34.7 Å². The summed E-state index contributed by atoms with van der Waals surface area (Å²) in [6.07, 6.45) is 2.73. The normalized spacial score (nSPS) is 16.6. The van der Waals surface area contributed by atoms with Gasteiger partial charge in [0.15, 0.2) is 0 Å². The quantitative estimate of drug-likeness (QED) is 0.723. The summed E-state index contributed by atoms with van der Waals surface area (Å²) in [6, 6.07) is 16.6. The number of hydrogen-bond donors (Lipinski definition) is 1. The van der Waals surface area contributed by atoms with Crippen LogP contribution in [0, 0.1) is 0 Å². The van der Waals surface area contributed by atoms with Gasteiger partial charge < -0.3 is 19.5 Å². The Morgan fingerprint density at radius 1 is 1.14 bits per heavy atom. The second-order valence-corrected chi connectivity index (χ2v) is 6.66. The van der Waals surface area contributed by atoms with Crippen molar-refractivity contribution in [2.45, 2.75) is 25.3 Å². The highest BCUT2D eigenvalue weighted by molar-refractivity contribution is 5.91. The summed E-state index contributed by atoms with van der Waals surface area (Å²) in [5.41, 5.74) is 1.52. The molecule has 1 aromatic heterocycles. The first kappa shape index (κ1) is 18.0. The van der Waals surface area contributed by atoms with Crippen LogP contribution in [0.1, 0.15) is 31.2 Å². The molecule has 1 atom stereocenters. The highest BCUT2D eigenvalue weighted by Gasteiger charge is 2.32. The van der Waals surface area contributed by atoms with Crippen LogP contribution < -0.4 is 10.1 Å². The molecule has 1 N–H and O–H groups in total. The van der Waals surface area contributed by atoms with Crippen molar-refractivity contribution in [3.05, 3.63) is 60.5 Å². The van der Waals surface area contributed by atoms with Gasteiger partial charge in [0.1, 0.15) is 11.8 Å². The second kappa shape index (κ2) is 8.12. The monoisotopic (exact) mass is 378 g/mol. The Morgan fingerprint density at radius 3 is 2.75 bits per heavy atom. The van der Waals surface area contributed by atoms with Gasteiger partial charge in [-0.3, -0.25) is 0 Å². The van der Waals surface area contributed by atoms with Crippen molar-refractivity contribution in [1.82, 2.24) is 15.0 Å². The van der Waals surface area contributed by atoms with E-state index in [9.17, 15) is 4.79 Å². The number of piperidine rings is 1. The van der Waals surface area contributed by atoms with E-state index in [-0.39, 0.29) is 12.1 Å². The largest absolute Gasteiger partial charge is 0.495 e. The molecule has 0 bridgehead atoms. The minimum Gasteiger partial charge on any atom is -0.495 e. The third kappa shape index (κ3) is 3.69. The zero-order valence-corrected chi connectivity index (χ0v) is 15.7. The number of hydrogen-bond acceptors (Lipinski definition) is 5. The van der Waals surface area contributed by atoms with Gasteiger partial charge in [-0.15, -0.1) is 0 Å². The number of urea groups is 1. The zero-order chi connectivity index (χ0) is 19.3. The van der Waals surface area contributed by atoms with Crippen LogP contribution in [0.2, 0.25) is 0 Å². The topological polar surface area (TPSA) is 80.5 Å². The third-order valence-corrected chi connectivity index (χ3v) is 4.87. The van der Waals surface area contributed by atoms with Gasteiger partial charge in [0.25, 0.3) is 0 Å². The Labute approximate surface area is 163 Å². The number of nitrogens with zero attached hydrogens (tertiary/aromatic N) is 3. The highest BCUT2D eigenvalue weighted by Crippen LogP contribution is 2.32. The van der Waals surface area contributed by atoms with Crippen molar-refractivity contribution in [3.8, 4) is 17.1 Å². The molecule has 0 aliphatic carbocycles. The predicted octanol–water partition coefficient (Wildman–Crippen LogP) is 4.50. The summed E-state index contributed by atoms with van der Waals surface area (Å²) in [4.78, 5) is 19.3. The highest BCUT2D eigenvalue weighted by atomic mass is 16.5. The van der Waals surface area contributed by atoms with E-state index in [1.165, 1.54) is 0 Å². The van der Waals surface area contributed by atoms with Gasteiger partial charge in [-0.25, -0.2) is 4.79 Å². The average molecular weight is 378 g/mol. The minimum atomic E-state index is -0.242. The Bertz CT molecular complexity index is 942. The fourth-order valence-corrected chi connectivity index (χ4v) is 3.44. The first-order chi connectivity index (χ1) is 13.8. The van der Waals surface area contributed by atoms with E-state index in [0.717, 1.165) is 24.8 Å². The van der Waals surface area contributed by atoms with E-state index >= 15 is 0 Å². The van der Waals surface area contributed by atoms with E-state index in [1.807, 2.05) is 54.6 Å². The van der Waals surface area contributed by atoms with Gasteiger partial charge in [0.05, 0.1) is 12.8 Å². The molecule has 2 heterocycles. The maximum Gasteiger partial charge on any atom is 0.322 e.